The van der Waals surface area contributed by atoms with Gasteiger partial charge in [-0.15, -0.1) is 0 Å². The Balaban J connectivity index is 1.65. The van der Waals surface area contributed by atoms with Crippen molar-refractivity contribution in [3.8, 4) is 11.1 Å². The summed E-state index contributed by atoms with van der Waals surface area (Å²) in [5.41, 5.74) is 9.19. The van der Waals surface area contributed by atoms with E-state index in [0.717, 1.165) is 32.5 Å². The van der Waals surface area contributed by atoms with E-state index in [1.807, 2.05) is 6.07 Å². The van der Waals surface area contributed by atoms with Gasteiger partial charge in [0.25, 0.3) is 0 Å². The lowest BCUT2D eigenvalue weighted by atomic mass is 9.97. The lowest BCUT2D eigenvalue weighted by Gasteiger charge is -2.31. The van der Waals surface area contributed by atoms with Crippen LogP contribution in [-0.2, 0) is 11.3 Å². The number of benzene rings is 2. The Labute approximate surface area is 131 Å². The molecule has 22 heavy (non-hydrogen) atoms. The van der Waals surface area contributed by atoms with Crippen molar-refractivity contribution in [2.45, 2.75) is 19.4 Å². The van der Waals surface area contributed by atoms with Gasteiger partial charge in [-0.05, 0) is 36.1 Å². The van der Waals surface area contributed by atoms with E-state index in [1.54, 1.807) is 0 Å². The molecule has 1 heterocycles. The molecule has 0 aromatic heterocycles. The number of hydrogen-bond acceptors (Lipinski definition) is 2. The van der Waals surface area contributed by atoms with Crippen LogP contribution in [0, 0.1) is 5.92 Å². The zero-order valence-electron chi connectivity index (χ0n) is 12.7. The maximum Gasteiger partial charge on any atom is 0.221 e. The molecular formula is C19H22N2O. The number of primary amides is 1. The minimum atomic E-state index is -0.163. The van der Waals surface area contributed by atoms with Crippen molar-refractivity contribution in [2.75, 3.05) is 13.1 Å². The first kappa shape index (κ1) is 14.8. The summed E-state index contributed by atoms with van der Waals surface area (Å²) in [7, 11) is 0. The number of nitrogens with zero attached hydrogens (tertiary/aromatic N) is 1. The van der Waals surface area contributed by atoms with Crippen LogP contribution in [0.5, 0.6) is 0 Å². The first-order valence-electron chi connectivity index (χ1n) is 7.88. The van der Waals surface area contributed by atoms with Crippen LogP contribution in [0.1, 0.15) is 18.4 Å². The van der Waals surface area contributed by atoms with Gasteiger partial charge in [-0.1, -0.05) is 54.6 Å². The molecule has 3 nitrogen and oxygen atoms in total. The van der Waals surface area contributed by atoms with Crippen LogP contribution in [0.15, 0.2) is 54.6 Å². The van der Waals surface area contributed by atoms with Crippen molar-refractivity contribution in [1.82, 2.24) is 4.90 Å². The normalized spacial score (nSPS) is 19.0. The average molecular weight is 294 g/mol. The highest BCUT2D eigenvalue weighted by Crippen LogP contribution is 2.22. The Hall–Kier alpha value is -2.13. The van der Waals surface area contributed by atoms with Gasteiger partial charge in [0.2, 0.25) is 5.91 Å². The van der Waals surface area contributed by atoms with Crippen molar-refractivity contribution in [1.29, 1.82) is 0 Å². The minimum absolute atomic E-state index is 0.0114. The Morgan fingerprint density at radius 1 is 1.05 bits per heavy atom. The maximum absolute atomic E-state index is 11.3. The van der Waals surface area contributed by atoms with Crippen molar-refractivity contribution in [3.63, 3.8) is 0 Å². The molecule has 3 heteroatoms. The lowest BCUT2D eigenvalue weighted by Crippen LogP contribution is -2.40. The number of amides is 1. The second kappa shape index (κ2) is 6.75. The van der Waals surface area contributed by atoms with Gasteiger partial charge < -0.3 is 5.73 Å². The van der Waals surface area contributed by atoms with Crippen LogP contribution >= 0.6 is 0 Å². The summed E-state index contributed by atoms with van der Waals surface area (Å²) in [6.07, 6.45) is 1.98. The number of carbonyl (C=O) groups is 1. The molecule has 1 aliphatic heterocycles. The summed E-state index contributed by atoms with van der Waals surface area (Å²) < 4.78 is 0. The Bertz CT molecular complexity index is 622. The molecule has 0 unspecified atom stereocenters. The fourth-order valence-corrected chi connectivity index (χ4v) is 3.12. The van der Waals surface area contributed by atoms with Gasteiger partial charge in [0, 0.05) is 13.1 Å². The Morgan fingerprint density at radius 3 is 2.41 bits per heavy atom. The van der Waals surface area contributed by atoms with Crippen LogP contribution in [0.25, 0.3) is 11.1 Å². The highest BCUT2D eigenvalue weighted by Gasteiger charge is 2.23. The molecule has 1 amide bonds. The molecule has 0 spiro atoms. The molecular weight excluding hydrogens is 272 g/mol. The predicted octanol–water partition coefficient (Wildman–Crippen LogP) is 3.05. The summed E-state index contributed by atoms with van der Waals surface area (Å²) in [6.45, 7) is 2.72. The van der Waals surface area contributed by atoms with Gasteiger partial charge in [-0.25, -0.2) is 0 Å². The van der Waals surface area contributed by atoms with Crippen LogP contribution in [0.2, 0.25) is 0 Å². The Morgan fingerprint density at radius 2 is 1.73 bits per heavy atom. The van der Waals surface area contributed by atoms with E-state index in [-0.39, 0.29) is 11.8 Å². The Kier molecular flexibility index (Phi) is 4.54. The third-order valence-electron chi connectivity index (χ3n) is 4.38. The first-order chi connectivity index (χ1) is 10.7. The zero-order chi connectivity index (χ0) is 15.4. The SMILES string of the molecule is NC(=O)[C@H]1CCCN(Cc2ccc(-c3ccccc3)cc2)C1. The van der Waals surface area contributed by atoms with Gasteiger partial charge in [0.1, 0.15) is 0 Å². The number of likely N-dealkylation sites (tertiary alicyclic amines) is 1. The summed E-state index contributed by atoms with van der Waals surface area (Å²) in [5.74, 6) is -0.151. The van der Waals surface area contributed by atoms with Crippen molar-refractivity contribution in [2.24, 2.45) is 11.7 Å². The zero-order valence-corrected chi connectivity index (χ0v) is 12.7. The van der Waals surface area contributed by atoms with Crippen molar-refractivity contribution in [3.05, 3.63) is 60.2 Å². The molecule has 0 bridgehead atoms. The van der Waals surface area contributed by atoms with Crippen LogP contribution in [0.4, 0.5) is 0 Å². The summed E-state index contributed by atoms with van der Waals surface area (Å²) in [5, 5.41) is 0. The second-order valence-electron chi connectivity index (χ2n) is 6.04. The third-order valence-corrected chi connectivity index (χ3v) is 4.38. The minimum Gasteiger partial charge on any atom is -0.369 e. The number of rotatable bonds is 4. The third kappa shape index (κ3) is 3.55. The van der Waals surface area contributed by atoms with E-state index in [2.05, 4.69) is 53.4 Å². The largest absolute Gasteiger partial charge is 0.369 e. The second-order valence-corrected chi connectivity index (χ2v) is 6.04. The van der Waals surface area contributed by atoms with Gasteiger partial charge in [0.15, 0.2) is 0 Å². The molecule has 2 aromatic carbocycles. The van der Waals surface area contributed by atoms with Crippen molar-refractivity contribution >= 4 is 5.91 Å². The van der Waals surface area contributed by atoms with E-state index in [4.69, 9.17) is 5.73 Å². The number of carbonyl (C=O) groups excluding carboxylic acids is 1. The van der Waals surface area contributed by atoms with E-state index < -0.39 is 0 Å². The van der Waals surface area contributed by atoms with Crippen LogP contribution in [-0.4, -0.2) is 23.9 Å². The van der Waals surface area contributed by atoms with E-state index in [1.165, 1.54) is 16.7 Å². The highest BCUT2D eigenvalue weighted by molar-refractivity contribution is 5.76. The van der Waals surface area contributed by atoms with Gasteiger partial charge >= 0.3 is 0 Å². The molecule has 2 aromatic rings. The molecule has 1 saturated heterocycles. The lowest BCUT2D eigenvalue weighted by molar-refractivity contribution is -0.123. The van der Waals surface area contributed by atoms with Gasteiger partial charge in [-0.2, -0.15) is 0 Å². The summed E-state index contributed by atoms with van der Waals surface area (Å²) in [4.78, 5) is 13.7. The molecule has 0 radical (unpaired) electrons. The standard InChI is InChI=1S/C19H22N2O/c20-19(22)18-7-4-12-21(14-18)13-15-8-10-17(11-9-15)16-5-2-1-3-6-16/h1-3,5-6,8-11,18H,4,7,12-14H2,(H2,20,22)/t18-/m0/s1. The predicted molar refractivity (Wildman–Crippen MR) is 89.1 cm³/mol. The fourth-order valence-electron chi connectivity index (χ4n) is 3.12. The molecule has 114 valence electrons. The molecule has 1 aliphatic rings. The topological polar surface area (TPSA) is 46.3 Å². The van der Waals surface area contributed by atoms with Crippen LogP contribution in [0.3, 0.4) is 0 Å². The fraction of sp³-hybridized carbons (Fsp3) is 0.316. The molecule has 2 N–H and O–H groups in total. The summed E-state index contributed by atoms with van der Waals surface area (Å²) >= 11 is 0. The quantitative estimate of drug-likeness (QED) is 0.942. The van der Waals surface area contributed by atoms with Gasteiger partial charge in [0.05, 0.1) is 5.92 Å². The monoisotopic (exact) mass is 294 g/mol. The van der Waals surface area contributed by atoms with Gasteiger partial charge in [-0.3, -0.25) is 9.69 Å². The van der Waals surface area contributed by atoms with E-state index >= 15 is 0 Å². The summed E-state index contributed by atoms with van der Waals surface area (Å²) in [6, 6.07) is 19.1. The molecule has 1 atom stereocenters. The molecule has 0 saturated carbocycles. The number of nitrogens with two attached hydrogens (primary N) is 1. The molecule has 1 fully saturated rings. The maximum atomic E-state index is 11.3. The van der Waals surface area contributed by atoms with Crippen LogP contribution < -0.4 is 5.73 Å². The highest BCUT2D eigenvalue weighted by atomic mass is 16.1. The van der Waals surface area contributed by atoms with E-state index in [9.17, 15) is 4.79 Å². The average Bonchev–Trinajstić information content (AvgIpc) is 2.56. The molecule has 3 rings (SSSR count). The molecule has 0 aliphatic carbocycles. The number of hydrogen-bond donors (Lipinski definition) is 1. The first-order valence-corrected chi connectivity index (χ1v) is 7.88. The smallest absolute Gasteiger partial charge is 0.221 e. The van der Waals surface area contributed by atoms with E-state index in [0.29, 0.717) is 0 Å². The number of piperidine rings is 1. The van der Waals surface area contributed by atoms with Crippen molar-refractivity contribution < 1.29 is 4.79 Å².